The molecule has 0 saturated heterocycles. The lowest BCUT2D eigenvalue weighted by Crippen LogP contribution is -2.21. The molecule has 0 aliphatic heterocycles. The molecule has 0 fully saturated rings. The topological polar surface area (TPSA) is 116 Å². The third kappa shape index (κ3) is 6.06. The Bertz CT molecular complexity index is 1400. The molecule has 2 aromatic heterocycles. The fourth-order valence-electron chi connectivity index (χ4n) is 4.27. The van der Waals surface area contributed by atoms with E-state index in [1.807, 2.05) is 55.1 Å². The summed E-state index contributed by atoms with van der Waals surface area (Å²) in [6.07, 6.45) is 0.697. The highest BCUT2D eigenvalue weighted by molar-refractivity contribution is 5.96. The average Bonchev–Trinajstić information content (AvgIpc) is 3.18. The average molecular weight is 503 g/mol. The molecule has 4 aromatic rings. The second-order valence-electron chi connectivity index (χ2n) is 10.7. The molecular formula is C28H34N6O3. The number of aromatic carboxylic acids is 1. The van der Waals surface area contributed by atoms with Crippen LogP contribution in [0.1, 0.15) is 42.5 Å². The lowest BCUT2D eigenvalue weighted by atomic mass is 9.92. The van der Waals surface area contributed by atoms with Crippen LogP contribution in [0.25, 0.3) is 22.2 Å². The van der Waals surface area contributed by atoms with Gasteiger partial charge >= 0.3 is 5.97 Å². The number of aromatic nitrogens is 4. The lowest BCUT2D eigenvalue weighted by molar-refractivity contribution is 0.0697. The van der Waals surface area contributed by atoms with Crippen LogP contribution >= 0.6 is 0 Å². The van der Waals surface area contributed by atoms with Crippen molar-refractivity contribution in [2.75, 3.05) is 32.5 Å². The molecule has 4 rings (SSSR count). The van der Waals surface area contributed by atoms with Gasteiger partial charge in [0.1, 0.15) is 16.9 Å². The number of benzene rings is 2. The number of likely N-dealkylation sites (N-methyl/N-ethyl adjacent to an activating group) is 1. The quantitative estimate of drug-likeness (QED) is 0.306. The summed E-state index contributed by atoms with van der Waals surface area (Å²) in [6.45, 7) is 8.41. The van der Waals surface area contributed by atoms with E-state index in [9.17, 15) is 15.0 Å². The van der Waals surface area contributed by atoms with Gasteiger partial charge in [-0.05, 0) is 42.3 Å². The van der Waals surface area contributed by atoms with Gasteiger partial charge in [-0.25, -0.2) is 9.78 Å². The number of nitrogens with one attached hydrogen (secondary N) is 1. The Morgan fingerprint density at radius 2 is 1.76 bits per heavy atom. The van der Waals surface area contributed by atoms with Crippen molar-refractivity contribution in [2.45, 2.75) is 33.7 Å². The Labute approximate surface area is 216 Å². The number of imidazole rings is 1. The molecule has 37 heavy (non-hydrogen) atoms. The number of aromatic hydroxyl groups is 1. The van der Waals surface area contributed by atoms with Gasteiger partial charge in [-0.3, -0.25) is 0 Å². The number of carboxylic acid groups (broad SMARTS) is 1. The molecule has 3 N–H and O–H groups in total. The zero-order chi connectivity index (χ0) is 26.7. The minimum Gasteiger partial charge on any atom is -0.491 e. The highest BCUT2D eigenvalue weighted by Gasteiger charge is 2.23. The normalized spacial score (nSPS) is 11.8. The van der Waals surface area contributed by atoms with Gasteiger partial charge in [0, 0.05) is 26.1 Å². The lowest BCUT2D eigenvalue weighted by Gasteiger charge is -2.19. The van der Waals surface area contributed by atoms with E-state index in [4.69, 9.17) is 4.98 Å². The van der Waals surface area contributed by atoms with Crippen molar-refractivity contribution in [1.29, 1.82) is 0 Å². The number of carbonyl (C=O) groups is 1. The Morgan fingerprint density at radius 3 is 2.41 bits per heavy atom. The van der Waals surface area contributed by atoms with Crippen LogP contribution in [0, 0.1) is 5.41 Å². The van der Waals surface area contributed by atoms with E-state index in [2.05, 4.69) is 41.2 Å². The van der Waals surface area contributed by atoms with E-state index in [-0.39, 0.29) is 16.9 Å². The van der Waals surface area contributed by atoms with Gasteiger partial charge in [0.25, 0.3) is 5.88 Å². The van der Waals surface area contributed by atoms with Crippen LogP contribution in [0.15, 0.2) is 48.5 Å². The maximum atomic E-state index is 11.7. The van der Waals surface area contributed by atoms with E-state index >= 15 is 0 Å². The van der Waals surface area contributed by atoms with Crippen molar-refractivity contribution in [3.63, 3.8) is 0 Å². The first-order chi connectivity index (χ1) is 17.5. The van der Waals surface area contributed by atoms with Crippen LogP contribution in [-0.4, -0.2) is 68.0 Å². The summed E-state index contributed by atoms with van der Waals surface area (Å²) in [7, 11) is 4.00. The van der Waals surface area contributed by atoms with Crippen LogP contribution in [0.5, 0.6) is 5.88 Å². The zero-order valence-electron chi connectivity index (χ0n) is 22.0. The van der Waals surface area contributed by atoms with Gasteiger partial charge < -0.3 is 25.0 Å². The SMILES string of the molecule is CN(C)CCNc1nnc(O)c2c1nc(CC(C)(C)C)n2Cc1ccc(-c2ccccc2C(=O)O)cc1. The fraction of sp³-hybridized carbons (Fsp3) is 0.357. The number of hydrogen-bond donors (Lipinski definition) is 3. The summed E-state index contributed by atoms with van der Waals surface area (Å²) in [6, 6.07) is 14.8. The van der Waals surface area contributed by atoms with Gasteiger partial charge in [-0.15, -0.1) is 10.2 Å². The third-order valence-corrected chi connectivity index (χ3v) is 6.03. The number of fused-ring (bicyclic) bond motifs is 1. The van der Waals surface area contributed by atoms with Gasteiger partial charge in [0.05, 0.1) is 5.56 Å². The molecule has 0 atom stereocenters. The predicted molar refractivity (Wildman–Crippen MR) is 145 cm³/mol. The highest BCUT2D eigenvalue weighted by atomic mass is 16.4. The highest BCUT2D eigenvalue weighted by Crippen LogP contribution is 2.32. The molecular weight excluding hydrogens is 468 g/mol. The van der Waals surface area contributed by atoms with Crippen LogP contribution in [0.3, 0.4) is 0 Å². The maximum Gasteiger partial charge on any atom is 0.336 e. The standard InChI is InChI=1S/C28H34N6O3/c1-28(2,3)16-22-30-23-24(26(35)32-31-25(23)29-14-15-33(4)5)34(22)17-18-10-12-19(13-11-18)20-8-6-7-9-21(20)27(36)37/h6-13H,14-17H2,1-5H3,(H,29,31)(H,32,35)(H,36,37). The van der Waals surface area contributed by atoms with E-state index in [1.54, 1.807) is 12.1 Å². The number of nitrogens with zero attached hydrogens (tertiary/aromatic N) is 5. The Balaban J connectivity index is 1.72. The van der Waals surface area contributed by atoms with Gasteiger partial charge in [-0.1, -0.05) is 63.2 Å². The van der Waals surface area contributed by atoms with E-state index in [0.717, 1.165) is 23.5 Å². The van der Waals surface area contributed by atoms with E-state index < -0.39 is 5.97 Å². The first-order valence-corrected chi connectivity index (χ1v) is 12.3. The van der Waals surface area contributed by atoms with Crippen molar-refractivity contribution >= 4 is 22.8 Å². The molecule has 0 bridgehead atoms. The van der Waals surface area contributed by atoms with Crippen LogP contribution < -0.4 is 5.32 Å². The minimum absolute atomic E-state index is 0.0292. The van der Waals surface area contributed by atoms with Gasteiger partial charge in [0.2, 0.25) is 0 Å². The molecule has 194 valence electrons. The molecule has 2 heterocycles. The first-order valence-electron chi connectivity index (χ1n) is 12.3. The van der Waals surface area contributed by atoms with Crippen molar-refractivity contribution < 1.29 is 15.0 Å². The molecule has 0 aliphatic rings. The maximum absolute atomic E-state index is 11.7. The predicted octanol–water partition coefficient (Wildman–Crippen LogP) is 4.51. The van der Waals surface area contributed by atoms with Gasteiger partial charge in [0.15, 0.2) is 5.82 Å². The molecule has 0 aliphatic carbocycles. The Hall–Kier alpha value is -3.98. The summed E-state index contributed by atoms with van der Waals surface area (Å²) >= 11 is 0. The minimum atomic E-state index is -0.956. The van der Waals surface area contributed by atoms with E-state index in [1.165, 1.54) is 0 Å². The van der Waals surface area contributed by atoms with Crippen molar-refractivity contribution in [3.05, 3.63) is 65.5 Å². The number of anilines is 1. The molecule has 9 heteroatoms. The van der Waals surface area contributed by atoms with Crippen LogP contribution in [-0.2, 0) is 13.0 Å². The smallest absolute Gasteiger partial charge is 0.336 e. The summed E-state index contributed by atoms with van der Waals surface area (Å²) in [5.74, 6) is 0.267. The summed E-state index contributed by atoms with van der Waals surface area (Å²) < 4.78 is 2.00. The molecule has 0 unspecified atom stereocenters. The molecule has 0 radical (unpaired) electrons. The molecule has 0 spiro atoms. The number of hydrogen-bond acceptors (Lipinski definition) is 7. The molecule has 0 saturated carbocycles. The van der Waals surface area contributed by atoms with Crippen molar-refractivity contribution in [3.8, 4) is 17.0 Å². The summed E-state index contributed by atoms with van der Waals surface area (Å²) in [4.78, 5) is 18.6. The first kappa shape index (κ1) is 26.1. The van der Waals surface area contributed by atoms with Crippen molar-refractivity contribution in [1.82, 2.24) is 24.6 Å². The third-order valence-electron chi connectivity index (χ3n) is 6.03. The largest absolute Gasteiger partial charge is 0.491 e. The molecule has 0 amide bonds. The van der Waals surface area contributed by atoms with E-state index in [0.29, 0.717) is 41.9 Å². The van der Waals surface area contributed by atoms with Crippen LogP contribution in [0.4, 0.5) is 5.82 Å². The van der Waals surface area contributed by atoms with Gasteiger partial charge in [-0.2, -0.15) is 0 Å². The second-order valence-corrected chi connectivity index (χ2v) is 10.7. The zero-order valence-corrected chi connectivity index (χ0v) is 22.0. The fourth-order valence-corrected chi connectivity index (χ4v) is 4.27. The molecule has 9 nitrogen and oxygen atoms in total. The summed E-state index contributed by atoms with van der Waals surface area (Å²) in [5, 5.41) is 31.8. The second kappa shape index (κ2) is 10.6. The Morgan fingerprint density at radius 1 is 1.05 bits per heavy atom. The Kier molecular flexibility index (Phi) is 7.45. The monoisotopic (exact) mass is 502 g/mol. The molecule has 2 aromatic carbocycles. The number of carboxylic acids is 1. The van der Waals surface area contributed by atoms with Crippen LogP contribution in [0.2, 0.25) is 0 Å². The summed E-state index contributed by atoms with van der Waals surface area (Å²) in [5.41, 5.74) is 3.86. The van der Waals surface area contributed by atoms with Crippen molar-refractivity contribution in [2.24, 2.45) is 5.41 Å². The number of rotatable bonds is 9.